The lowest BCUT2D eigenvalue weighted by Crippen LogP contribution is -2.31. The van der Waals surface area contributed by atoms with Gasteiger partial charge in [-0.1, -0.05) is 66.2 Å². The standard InChI is InChI=1S/C57H36S6/c1-25-14-15-32-37(20-25)56(35-16-18-58-49(35)50-36(56)17-19-59-50)46-42-31-11-7-8-13-34(31)55(38-21-27(3)60-51(38)52-39(55)22-28(4)61-52)47(42)44-33-12-9-10-26(2)45(33)57(48(44)43(32)46)40-23-29(5)62-53(40)54-41(57)24-30(6)63-54/h7-24H,1-6H3. The number of thiophene rings is 6. The topological polar surface area (TPSA) is 0 Å². The Bertz CT molecular complexity index is 3700. The van der Waals surface area contributed by atoms with Crippen LogP contribution >= 0.6 is 68.0 Å². The van der Waals surface area contributed by atoms with Gasteiger partial charge in [-0.3, -0.25) is 0 Å². The van der Waals surface area contributed by atoms with E-state index in [1.54, 1.807) is 0 Å². The van der Waals surface area contributed by atoms with Crippen molar-refractivity contribution in [1.82, 2.24) is 0 Å². The molecule has 0 saturated heterocycles. The fraction of sp³-hybridized carbons (Fsp3) is 0.158. The van der Waals surface area contributed by atoms with E-state index in [-0.39, 0.29) is 0 Å². The maximum Gasteiger partial charge on any atom is 0.0751 e. The van der Waals surface area contributed by atoms with Gasteiger partial charge in [-0.05, 0) is 194 Å². The molecule has 0 amide bonds. The third-order valence-corrected chi connectivity index (χ3v) is 22.3. The van der Waals surface area contributed by atoms with E-state index in [0.717, 1.165) is 0 Å². The molecular formula is C57H36S6. The van der Waals surface area contributed by atoms with Gasteiger partial charge in [0.05, 0.1) is 16.2 Å². The molecule has 300 valence electrons. The summed E-state index contributed by atoms with van der Waals surface area (Å²) >= 11 is 11.9. The SMILES string of the molecule is Cc1ccc2c(c1)C1(c3ccsc3-c3sccc31)c1c3c(c4c(c1-2)C1(c2cc(C)sc2-c2sc(C)cc21)c1c(C)cccc1-4)C1(c2ccccc2-3)c2cc(C)sc2-c2sc(C)cc21. The highest BCUT2D eigenvalue weighted by Gasteiger charge is 2.65. The van der Waals surface area contributed by atoms with E-state index in [1.165, 1.54) is 160 Å². The number of aryl methyl sites for hydroxylation is 6. The molecule has 16 rings (SSSR count). The number of rotatable bonds is 0. The van der Waals surface area contributed by atoms with Crippen molar-refractivity contribution in [2.75, 3.05) is 0 Å². The molecule has 6 aliphatic carbocycles. The summed E-state index contributed by atoms with van der Waals surface area (Å²) in [7, 11) is 0. The summed E-state index contributed by atoms with van der Waals surface area (Å²) in [5.41, 5.74) is 27.8. The second kappa shape index (κ2) is 11.1. The molecular weight excluding hydrogens is 877 g/mol. The zero-order valence-corrected chi connectivity index (χ0v) is 40.2. The Morgan fingerprint density at radius 2 is 0.794 bits per heavy atom. The Morgan fingerprint density at radius 1 is 0.333 bits per heavy atom. The van der Waals surface area contributed by atoms with Crippen LogP contribution in [0.5, 0.6) is 0 Å². The summed E-state index contributed by atoms with van der Waals surface area (Å²) in [4.78, 5) is 14.3. The van der Waals surface area contributed by atoms with Gasteiger partial charge in [0.25, 0.3) is 0 Å². The average molecular weight is 913 g/mol. The van der Waals surface area contributed by atoms with Crippen LogP contribution in [0.15, 0.2) is 108 Å². The first-order valence-electron chi connectivity index (χ1n) is 21.9. The highest BCUT2D eigenvalue weighted by atomic mass is 32.1. The lowest BCUT2D eigenvalue weighted by Gasteiger charge is -2.37. The number of benzene rings is 4. The number of hydrogen-bond acceptors (Lipinski definition) is 6. The van der Waals surface area contributed by atoms with Crippen LogP contribution in [0, 0.1) is 41.5 Å². The average Bonchev–Trinajstić information content (AvgIpc) is 4.11. The van der Waals surface area contributed by atoms with Crippen molar-refractivity contribution < 1.29 is 0 Å². The predicted octanol–water partition coefficient (Wildman–Crippen LogP) is 16.9. The fourth-order valence-electron chi connectivity index (χ4n) is 14.2. The summed E-state index contributed by atoms with van der Waals surface area (Å²) in [5.74, 6) is 0. The van der Waals surface area contributed by atoms with Crippen LogP contribution in [0.4, 0.5) is 0 Å². The van der Waals surface area contributed by atoms with Crippen LogP contribution in [-0.2, 0) is 16.2 Å². The molecule has 3 spiro atoms. The van der Waals surface area contributed by atoms with Crippen molar-refractivity contribution in [2.45, 2.75) is 57.8 Å². The van der Waals surface area contributed by atoms with Gasteiger partial charge in [0.1, 0.15) is 0 Å². The normalized spacial score (nSPS) is 16.5. The molecule has 0 bridgehead atoms. The van der Waals surface area contributed by atoms with E-state index in [1.807, 2.05) is 68.0 Å². The van der Waals surface area contributed by atoms with E-state index >= 15 is 0 Å². The smallest absolute Gasteiger partial charge is 0.0751 e. The molecule has 0 atom stereocenters. The number of hydrogen-bond donors (Lipinski definition) is 0. The lowest BCUT2D eigenvalue weighted by atomic mass is 9.63. The first-order valence-corrected chi connectivity index (χ1v) is 26.9. The van der Waals surface area contributed by atoms with Crippen LogP contribution < -0.4 is 0 Å². The van der Waals surface area contributed by atoms with Gasteiger partial charge < -0.3 is 0 Å². The summed E-state index contributed by atoms with van der Waals surface area (Å²) < 4.78 is 0. The molecule has 0 saturated carbocycles. The molecule has 0 fully saturated rings. The predicted molar refractivity (Wildman–Crippen MR) is 271 cm³/mol. The molecule has 6 heteroatoms. The lowest BCUT2D eigenvalue weighted by molar-refractivity contribution is 0.764. The minimum atomic E-state index is -0.480. The molecule has 0 radical (unpaired) electrons. The van der Waals surface area contributed by atoms with Crippen molar-refractivity contribution >= 4 is 68.0 Å². The summed E-state index contributed by atoms with van der Waals surface area (Å²) in [6, 6.07) is 39.9. The summed E-state index contributed by atoms with van der Waals surface area (Å²) in [6.07, 6.45) is 0. The van der Waals surface area contributed by atoms with Crippen molar-refractivity contribution in [3.05, 3.63) is 205 Å². The molecule has 6 aliphatic rings. The Hall–Kier alpha value is -4.92. The first-order chi connectivity index (χ1) is 30.7. The second-order valence-electron chi connectivity index (χ2n) is 18.8. The maximum atomic E-state index is 2.60. The van der Waals surface area contributed by atoms with Gasteiger partial charge in [0, 0.05) is 48.8 Å². The van der Waals surface area contributed by atoms with E-state index in [4.69, 9.17) is 0 Å². The molecule has 6 heterocycles. The third kappa shape index (κ3) is 3.54. The van der Waals surface area contributed by atoms with Gasteiger partial charge in [0.15, 0.2) is 0 Å². The van der Waals surface area contributed by atoms with Crippen LogP contribution in [0.3, 0.4) is 0 Å². The maximum absolute atomic E-state index is 2.60. The van der Waals surface area contributed by atoms with Crippen molar-refractivity contribution in [3.8, 4) is 62.6 Å². The quantitative estimate of drug-likeness (QED) is 0.142. The van der Waals surface area contributed by atoms with Crippen LogP contribution in [0.2, 0.25) is 0 Å². The van der Waals surface area contributed by atoms with Crippen molar-refractivity contribution in [3.63, 3.8) is 0 Å². The highest BCUT2D eigenvalue weighted by molar-refractivity contribution is 7.23. The Balaban J connectivity index is 1.25. The zero-order valence-electron chi connectivity index (χ0n) is 35.3. The summed E-state index contributed by atoms with van der Waals surface area (Å²) in [6.45, 7) is 14.1. The molecule has 6 aromatic heterocycles. The third-order valence-electron chi connectivity index (χ3n) is 15.8. The van der Waals surface area contributed by atoms with Gasteiger partial charge in [-0.15, -0.1) is 68.0 Å². The van der Waals surface area contributed by atoms with E-state index in [9.17, 15) is 0 Å². The Labute approximate surface area is 390 Å². The van der Waals surface area contributed by atoms with Gasteiger partial charge in [0.2, 0.25) is 0 Å². The monoisotopic (exact) mass is 912 g/mol. The van der Waals surface area contributed by atoms with E-state index in [0.29, 0.717) is 0 Å². The minimum absolute atomic E-state index is 0.469. The van der Waals surface area contributed by atoms with Gasteiger partial charge in [-0.25, -0.2) is 0 Å². The molecule has 63 heavy (non-hydrogen) atoms. The van der Waals surface area contributed by atoms with Crippen molar-refractivity contribution in [1.29, 1.82) is 0 Å². The van der Waals surface area contributed by atoms with Gasteiger partial charge >= 0.3 is 0 Å². The van der Waals surface area contributed by atoms with Gasteiger partial charge in [-0.2, -0.15) is 0 Å². The largest absolute Gasteiger partial charge is 0.143 e. The zero-order chi connectivity index (χ0) is 41.8. The van der Waals surface area contributed by atoms with E-state index < -0.39 is 16.2 Å². The number of fused-ring (bicyclic) bond motifs is 33. The minimum Gasteiger partial charge on any atom is -0.143 e. The first kappa shape index (κ1) is 35.4. The second-order valence-corrected chi connectivity index (χ2v) is 25.7. The molecule has 0 nitrogen and oxygen atoms in total. The summed E-state index contributed by atoms with van der Waals surface area (Å²) in [5, 5.41) is 4.75. The molecule has 0 unspecified atom stereocenters. The van der Waals surface area contributed by atoms with Crippen LogP contribution in [0.25, 0.3) is 62.6 Å². The Kier molecular flexibility index (Phi) is 6.25. The molecule has 0 aliphatic heterocycles. The Morgan fingerprint density at radius 3 is 1.37 bits per heavy atom. The molecule has 4 aromatic carbocycles. The highest BCUT2D eigenvalue weighted by Crippen LogP contribution is 2.78. The molecule has 10 aromatic rings. The van der Waals surface area contributed by atoms with Crippen molar-refractivity contribution in [2.24, 2.45) is 0 Å². The fourth-order valence-corrected chi connectivity index (χ4v) is 20.9. The molecule has 0 N–H and O–H groups in total. The van der Waals surface area contributed by atoms with Crippen LogP contribution in [-0.4, -0.2) is 0 Å². The van der Waals surface area contributed by atoms with Crippen LogP contribution in [0.1, 0.15) is 97.4 Å². The van der Waals surface area contributed by atoms with E-state index in [2.05, 4.69) is 149 Å².